The van der Waals surface area contributed by atoms with E-state index < -0.39 is 0 Å². The quantitative estimate of drug-likeness (QED) is 0.369. The van der Waals surface area contributed by atoms with Gasteiger partial charge in [-0.1, -0.05) is 24.3 Å². The highest BCUT2D eigenvalue weighted by molar-refractivity contribution is 6.13. The van der Waals surface area contributed by atoms with E-state index in [9.17, 15) is 0 Å². The van der Waals surface area contributed by atoms with Crippen LogP contribution in [0.1, 0.15) is 16.7 Å². The number of hydrogen-bond acceptors (Lipinski definition) is 4. The molecule has 0 radical (unpaired) electrons. The first kappa shape index (κ1) is 20.3. The van der Waals surface area contributed by atoms with Crippen molar-refractivity contribution >= 4 is 23.3 Å². The molecule has 0 saturated carbocycles. The molecule has 3 aromatic rings. The lowest BCUT2D eigenvalue weighted by atomic mass is 10.0. The Morgan fingerprint density at radius 1 is 0.724 bits per heavy atom. The molecule has 29 heavy (non-hydrogen) atoms. The first-order valence-corrected chi connectivity index (χ1v) is 9.56. The number of benzene rings is 2. The molecular formula is C24H28N5+. The van der Waals surface area contributed by atoms with Gasteiger partial charge in [0, 0.05) is 68.4 Å². The summed E-state index contributed by atoms with van der Waals surface area (Å²) in [6.07, 6.45) is 5.76. The molecule has 0 spiro atoms. The highest BCUT2D eigenvalue weighted by Gasteiger charge is 2.09. The van der Waals surface area contributed by atoms with E-state index >= 15 is 0 Å². The molecule has 0 bridgehead atoms. The second kappa shape index (κ2) is 9.15. The van der Waals surface area contributed by atoms with Gasteiger partial charge >= 0.3 is 0 Å². The number of rotatable bonds is 6. The molecule has 1 aromatic heterocycles. The molecule has 0 aliphatic carbocycles. The highest BCUT2D eigenvalue weighted by atomic mass is 15.2. The van der Waals surface area contributed by atoms with Crippen molar-refractivity contribution in [3.05, 3.63) is 89.7 Å². The largest absolute Gasteiger partial charge is 0.378 e. The number of pyridine rings is 1. The third kappa shape index (κ3) is 5.29. The summed E-state index contributed by atoms with van der Waals surface area (Å²) >= 11 is 0. The van der Waals surface area contributed by atoms with Gasteiger partial charge in [0.15, 0.2) is 12.4 Å². The number of hydrogen-bond donors (Lipinski definition) is 0. The summed E-state index contributed by atoms with van der Waals surface area (Å²) in [5.74, 6) is 0. The maximum atomic E-state index is 4.58. The molecule has 0 saturated heterocycles. The Morgan fingerprint density at radius 3 is 1.59 bits per heavy atom. The molecule has 0 amide bonds. The Balaban J connectivity index is 1.97. The molecule has 0 unspecified atom stereocenters. The normalized spacial score (nSPS) is 10.8. The van der Waals surface area contributed by atoms with Crippen molar-refractivity contribution in [1.82, 2.24) is 0 Å². The van der Waals surface area contributed by atoms with Crippen molar-refractivity contribution in [2.75, 3.05) is 38.0 Å². The molecule has 5 heteroatoms. The van der Waals surface area contributed by atoms with E-state index in [0.717, 1.165) is 33.8 Å². The van der Waals surface area contributed by atoms with E-state index in [0.29, 0.717) is 0 Å². The molecule has 1 heterocycles. The smallest absolute Gasteiger partial charge is 0.169 e. The Hall–Kier alpha value is -3.47. The zero-order chi connectivity index (χ0) is 20.8. The molecule has 0 fully saturated rings. The molecule has 0 atom stereocenters. The Kier molecular flexibility index (Phi) is 6.39. The van der Waals surface area contributed by atoms with Crippen LogP contribution in [0.3, 0.4) is 0 Å². The van der Waals surface area contributed by atoms with Gasteiger partial charge < -0.3 is 9.80 Å². The fourth-order valence-corrected chi connectivity index (χ4v) is 2.87. The van der Waals surface area contributed by atoms with E-state index in [1.807, 2.05) is 64.3 Å². The van der Waals surface area contributed by atoms with Crippen LogP contribution in [0.2, 0.25) is 0 Å². The fourth-order valence-electron chi connectivity index (χ4n) is 2.87. The molecule has 148 valence electrons. The van der Waals surface area contributed by atoms with Gasteiger partial charge in [0.25, 0.3) is 0 Å². The lowest BCUT2D eigenvalue weighted by molar-refractivity contribution is -0.671. The first-order valence-electron chi connectivity index (χ1n) is 9.56. The van der Waals surface area contributed by atoms with Gasteiger partial charge in [-0.15, -0.1) is 5.10 Å². The van der Waals surface area contributed by atoms with Crippen molar-refractivity contribution < 1.29 is 4.57 Å². The van der Waals surface area contributed by atoms with Crippen LogP contribution >= 0.6 is 0 Å². The summed E-state index contributed by atoms with van der Waals surface area (Å²) in [4.78, 5) is 4.17. The minimum Gasteiger partial charge on any atom is -0.378 e. The monoisotopic (exact) mass is 386 g/mol. The van der Waals surface area contributed by atoms with E-state index in [4.69, 9.17) is 0 Å². The van der Waals surface area contributed by atoms with Crippen molar-refractivity contribution in [3.63, 3.8) is 0 Å². The minimum absolute atomic E-state index is 0.846. The standard InChI is InChI=1S/C24H28N5/c1-27(2)22-10-6-20(7-11-22)24(21-8-12-23(13-9-21)28(3)4)26-25-18-19-14-16-29(5)17-15-19/h6-18H,1-5H3/q+1. The summed E-state index contributed by atoms with van der Waals surface area (Å²) in [6.45, 7) is 0. The molecule has 5 nitrogen and oxygen atoms in total. The third-order valence-electron chi connectivity index (χ3n) is 4.68. The van der Waals surface area contributed by atoms with Gasteiger partial charge in [-0.2, -0.15) is 5.10 Å². The van der Waals surface area contributed by atoms with Crippen LogP contribution in [-0.4, -0.2) is 40.1 Å². The van der Waals surface area contributed by atoms with Crippen LogP contribution in [-0.2, 0) is 7.05 Å². The summed E-state index contributed by atoms with van der Waals surface area (Å²) < 4.78 is 1.99. The third-order valence-corrected chi connectivity index (χ3v) is 4.68. The van der Waals surface area contributed by atoms with Gasteiger partial charge in [0.05, 0.1) is 6.21 Å². The van der Waals surface area contributed by atoms with Crippen LogP contribution in [0.5, 0.6) is 0 Å². The van der Waals surface area contributed by atoms with E-state index in [-0.39, 0.29) is 0 Å². The number of aromatic nitrogens is 1. The Labute approximate surface area is 173 Å². The Morgan fingerprint density at radius 2 is 1.17 bits per heavy atom. The fraction of sp³-hybridized carbons (Fsp3) is 0.208. The van der Waals surface area contributed by atoms with Crippen LogP contribution in [0.15, 0.2) is 83.3 Å². The summed E-state index contributed by atoms with van der Waals surface area (Å²) in [5.41, 5.74) is 6.22. The zero-order valence-corrected chi connectivity index (χ0v) is 17.7. The van der Waals surface area contributed by atoms with Crippen LogP contribution in [0.4, 0.5) is 11.4 Å². The minimum atomic E-state index is 0.846. The van der Waals surface area contributed by atoms with Crippen molar-refractivity contribution in [3.8, 4) is 0 Å². The van der Waals surface area contributed by atoms with E-state index in [1.165, 1.54) is 0 Å². The predicted octanol–water partition coefficient (Wildman–Crippen LogP) is 3.51. The molecule has 3 rings (SSSR count). The summed E-state index contributed by atoms with van der Waals surface area (Å²) in [7, 11) is 10.1. The lowest BCUT2D eigenvalue weighted by Crippen LogP contribution is -2.25. The van der Waals surface area contributed by atoms with Crippen molar-refractivity contribution in [1.29, 1.82) is 0 Å². The second-order valence-electron chi connectivity index (χ2n) is 7.37. The summed E-state index contributed by atoms with van der Waals surface area (Å²) in [6, 6.07) is 20.8. The van der Waals surface area contributed by atoms with Gasteiger partial charge in [0.2, 0.25) is 0 Å². The molecule has 0 N–H and O–H groups in total. The Bertz CT molecular complexity index is 929. The second-order valence-corrected chi connectivity index (χ2v) is 7.37. The lowest BCUT2D eigenvalue weighted by Gasteiger charge is -2.15. The number of anilines is 2. The van der Waals surface area contributed by atoms with Gasteiger partial charge in [-0.05, 0) is 24.3 Å². The van der Waals surface area contributed by atoms with E-state index in [2.05, 4.69) is 68.5 Å². The average molecular weight is 387 g/mol. The van der Waals surface area contributed by atoms with Crippen LogP contribution in [0.25, 0.3) is 0 Å². The first-order chi connectivity index (χ1) is 13.9. The number of aryl methyl sites for hydroxylation is 1. The number of nitrogens with zero attached hydrogens (tertiary/aromatic N) is 5. The van der Waals surface area contributed by atoms with Crippen LogP contribution in [0, 0.1) is 0 Å². The SMILES string of the molecule is CN(C)c1ccc(C(=NN=Cc2cc[n+](C)cc2)c2ccc(N(C)C)cc2)cc1. The molecule has 2 aromatic carbocycles. The average Bonchev–Trinajstić information content (AvgIpc) is 2.73. The maximum absolute atomic E-state index is 4.58. The molecule has 0 aliphatic heterocycles. The predicted molar refractivity (Wildman–Crippen MR) is 122 cm³/mol. The summed E-state index contributed by atoms with van der Waals surface area (Å²) in [5, 5.41) is 8.96. The van der Waals surface area contributed by atoms with Crippen molar-refractivity contribution in [2.24, 2.45) is 17.3 Å². The van der Waals surface area contributed by atoms with Crippen molar-refractivity contribution in [2.45, 2.75) is 0 Å². The maximum Gasteiger partial charge on any atom is 0.169 e. The van der Waals surface area contributed by atoms with Gasteiger partial charge in [-0.3, -0.25) is 0 Å². The topological polar surface area (TPSA) is 35.1 Å². The van der Waals surface area contributed by atoms with Crippen LogP contribution < -0.4 is 14.4 Å². The van der Waals surface area contributed by atoms with Gasteiger partial charge in [-0.25, -0.2) is 4.57 Å². The zero-order valence-electron chi connectivity index (χ0n) is 17.7. The van der Waals surface area contributed by atoms with E-state index in [1.54, 1.807) is 6.21 Å². The highest BCUT2D eigenvalue weighted by Crippen LogP contribution is 2.19. The molecule has 0 aliphatic rings. The van der Waals surface area contributed by atoms with Gasteiger partial charge in [0.1, 0.15) is 12.8 Å². The molecular weight excluding hydrogens is 358 g/mol.